The van der Waals surface area contributed by atoms with E-state index in [-0.39, 0.29) is 18.3 Å². The van der Waals surface area contributed by atoms with Crippen LogP contribution in [0, 0.1) is 5.82 Å². The first-order chi connectivity index (χ1) is 14.5. The second kappa shape index (κ2) is 9.97. The lowest BCUT2D eigenvalue weighted by molar-refractivity contribution is -0.120. The number of nitrogens with one attached hydrogen (secondary N) is 1. The summed E-state index contributed by atoms with van der Waals surface area (Å²) in [6.07, 6.45) is 0. The number of benzene rings is 2. The fraction of sp³-hybridized carbons (Fsp3) is 0.250. The van der Waals surface area contributed by atoms with E-state index in [4.69, 9.17) is 15.3 Å². The lowest BCUT2D eigenvalue weighted by Crippen LogP contribution is -2.31. The number of nitrogens with two attached hydrogens (primary N) is 1. The zero-order valence-electron chi connectivity index (χ0n) is 16.5. The molecule has 0 spiro atoms. The molecule has 0 aliphatic carbocycles. The van der Waals surface area contributed by atoms with E-state index in [0.29, 0.717) is 17.5 Å². The minimum atomic E-state index is -0.475. The summed E-state index contributed by atoms with van der Waals surface area (Å²) in [6.45, 7) is 2.09. The van der Waals surface area contributed by atoms with Gasteiger partial charge in [0.15, 0.2) is 17.4 Å². The third-order valence-corrected chi connectivity index (χ3v) is 5.26. The molecule has 0 saturated heterocycles. The molecule has 3 aromatic rings. The number of hydrogen-bond acceptors (Lipinski definition) is 7. The third-order valence-electron chi connectivity index (χ3n) is 4.21. The number of methoxy groups -OCH3 is 1. The van der Waals surface area contributed by atoms with E-state index < -0.39 is 11.1 Å². The Morgan fingerprint density at radius 3 is 2.67 bits per heavy atom. The van der Waals surface area contributed by atoms with Crippen molar-refractivity contribution < 1.29 is 18.7 Å². The van der Waals surface area contributed by atoms with Crippen molar-refractivity contribution in [1.82, 2.24) is 20.2 Å². The number of rotatable bonds is 9. The number of ether oxygens (including phenoxy) is 2. The van der Waals surface area contributed by atoms with Crippen LogP contribution in [0.5, 0.6) is 11.5 Å². The summed E-state index contributed by atoms with van der Waals surface area (Å²) in [5.41, 5.74) is 0.955. The molecule has 0 aliphatic rings. The summed E-state index contributed by atoms with van der Waals surface area (Å²) in [6, 6.07) is 13.5. The van der Waals surface area contributed by atoms with Gasteiger partial charge < -0.3 is 20.6 Å². The molecule has 0 fully saturated rings. The number of carbonyl (C=O) groups is 1. The maximum atomic E-state index is 13.6. The lowest BCUT2D eigenvalue weighted by atomic mass is 10.2. The lowest BCUT2D eigenvalue weighted by Gasteiger charge is -2.12. The summed E-state index contributed by atoms with van der Waals surface area (Å²) in [5, 5.41) is 10.7. The Hall–Kier alpha value is -3.27. The number of nitrogen functional groups attached to an aromatic ring is 1. The highest BCUT2D eigenvalue weighted by atomic mass is 32.2. The van der Waals surface area contributed by atoms with Crippen LogP contribution in [0.4, 0.5) is 4.39 Å². The molecule has 1 heterocycles. The fourth-order valence-corrected chi connectivity index (χ4v) is 3.29. The molecule has 2 aromatic carbocycles. The van der Waals surface area contributed by atoms with Crippen molar-refractivity contribution in [3.63, 3.8) is 0 Å². The Balaban J connectivity index is 1.52. The van der Waals surface area contributed by atoms with Gasteiger partial charge in [-0.1, -0.05) is 36.0 Å². The number of hydrogen-bond donors (Lipinski definition) is 2. The normalized spacial score (nSPS) is 11.7. The molecule has 8 nitrogen and oxygen atoms in total. The summed E-state index contributed by atoms with van der Waals surface area (Å²) < 4.78 is 25.4. The molecular formula is C20H22FN5O3S. The Morgan fingerprint density at radius 2 is 1.97 bits per heavy atom. The van der Waals surface area contributed by atoms with Gasteiger partial charge in [0.05, 0.1) is 12.4 Å². The number of para-hydroxylation sites is 1. The average Bonchev–Trinajstić information content (AvgIpc) is 3.11. The van der Waals surface area contributed by atoms with Crippen LogP contribution < -0.4 is 20.6 Å². The van der Waals surface area contributed by atoms with Gasteiger partial charge in [0.1, 0.15) is 12.4 Å². The quantitative estimate of drug-likeness (QED) is 0.396. The first-order valence-electron chi connectivity index (χ1n) is 9.12. The third kappa shape index (κ3) is 5.41. The second-order valence-electron chi connectivity index (χ2n) is 6.31. The molecule has 158 valence electrons. The largest absolute Gasteiger partial charge is 0.497 e. The van der Waals surface area contributed by atoms with Gasteiger partial charge in [-0.15, -0.1) is 10.2 Å². The summed E-state index contributed by atoms with van der Waals surface area (Å²) >= 11 is 1.17. The molecular weight excluding hydrogens is 409 g/mol. The SMILES string of the molecule is COc1ccc(CNC(=O)C(C)Sc2nnc(COc3ccccc3F)n2N)cc1. The van der Waals surface area contributed by atoms with Gasteiger partial charge in [0.25, 0.3) is 0 Å². The van der Waals surface area contributed by atoms with Crippen molar-refractivity contribution in [2.75, 3.05) is 13.0 Å². The Kier molecular flexibility index (Phi) is 7.12. The van der Waals surface area contributed by atoms with Gasteiger partial charge in [-0.25, -0.2) is 9.07 Å². The zero-order chi connectivity index (χ0) is 21.5. The summed E-state index contributed by atoms with van der Waals surface area (Å²) in [5.74, 6) is 6.53. The maximum Gasteiger partial charge on any atom is 0.233 e. The molecule has 1 amide bonds. The monoisotopic (exact) mass is 431 g/mol. The number of aromatic nitrogens is 3. The predicted octanol–water partition coefficient (Wildman–Crippen LogP) is 2.52. The van der Waals surface area contributed by atoms with Gasteiger partial charge in [0, 0.05) is 6.54 Å². The molecule has 30 heavy (non-hydrogen) atoms. The van der Waals surface area contributed by atoms with E-state index in [2.05, 4.69) is 15.5 Å². The van der Waals surface area contributed by atoms with Crippen LogP contribution in [-0.2, 0) is 17.9 Å². The first kappa shape index (κ1) is 21.4. The van der Waals surface area contributed by atoms with Crippen molar-refractivity contribution in [3.05, 3.63) is 65.7 Å². The molecule has 1 atom stereocenters. The molecule has 10 heteroatoms. The van der Waals surface area contributed by atoms with Crippen molar-refractivity contribution in [3.8, 4) is 11.5 Å². The van der Waals surface area contributed by atoms with Crippen molar-refractivity contribution in [2.45, 2.75) is 30.5 Å². The van der Waals surface area contributed by atoms with Gasteiger partial charge in [-0.2, -0.15) is 0 Å². The molecule has 0 bridgehead atoms. The smallest absolute Gasteiger partial charge is 0.233 e. The van der Waals surface area contributed by atoms with E-state index in [1.165, 1.54) is 28.6 Å². The van der Waals surface area contributed by atoms with E-state index in [0.717, 1.165) is 11.3 Å². The van der Waals surface area contributed by atoms with Gasteiger partial charge in [0.2, 0.25) is 11.1 Å². The average molecular weight is 431 g/mol. The van der Waals surface area contributed by atoms with Crippen LogP contribution in [0.2, 0.25) is 0 Å². The molecule has 1 unspecified atom stereocenters. The van der Waals surface area contributed by atoms with E-state index in [1.54, 1.807) is 26.2 Å². The summed E-state index contributed by atoms with van der Waals surface area (Å²) in [4.78, 5) is 12.4. The number of halogens is 1. The van der Waals surface area contributed by atoms with Crippen LogP contribution in [0.15, 0.2) is 53.7 Å². The first-order valence-corrected chi connectivity index (χ1v) is 10.00. The van der Waals surface area contributed by atoms with Crippen LogP contribution in [0.25, 0.3) is 0 Å². The second-order valence-corrected chi connectivity index (χ2v) is 7.62. The molecule has 0 radical (unpaired) electrons. The minimum Gasteiger partial charge on any atom is -0.497 e. The van der Waals surface area contributed by atoms with Gasteiger partial charge in [-0.05, 0) is 36.8 Å². The van der Waals surface area contributed by atoms with Crippen LogP contribution >= 0.6 is 11.8 Å². The number of nitrogens with zero attached hydrogens (tertiary/aromatic N) is 3. The van der Waals surface area contributed by atoms with Gasteiger partial charge >= 0.3 is 0 Å². The molecule has 3 N–H and O–H groups in total. The van der Waals surface area contributed by atoms with Crippen LogP contribution in [-0.4, -0.2) is 33.1 Å². The highest BCUT2D eigenvalue weighted by Gasteiger charge is 2.19. The fourth-order valence-electron chi connectivity index (χ4n) is 2.48. The van der Waals surface area contributed by atoms with Crippen molar-refractivity contribution in [2.24, 2.45) is 0 Å². The Labute approximate surface area is 177 Å². The highest BCUT2D eigenvalue weighted by molar-refractivity contribution is 8.00. The summed E-state index contributed by atoms with van der Waals surface area (Å²) in [7, 11) is 1.60. The van der Waals surface area contributed by atoms with Crippen LogP contribution in [0.1, 0.15) is 18.3 Å². The number of thioether (sulfide) groups is 1. The standard InChI is InChI=1S/C20H22FN5O3S/c1-13(19(27)23-11-14-7-9-15(28-2)10-8-14)30-20-25-24-18(26(20)22)12-29-17-6-4-3-5-16(17)21/h3-10,13H,11-12,22H2,1-2H3,(H,23,27). The molecule has 1 aromatic heterocycles. The van der Waals surface area contributed by atoms with E-state index >= 15 is 0 Å². The minimum absolute atomic E-state index is 0.0525. The molecule has 0 saturated carbocycles. The topological polar surface area (TPSA) is 104 Å². The van der Waals surface area contributed by atoms with Gasteiger partial charge in [-0.3, -0.25) is 4.79 Å². The Bertz CT molecular complexity index is 996. The maximum absolute atomic E-state index is 13.6. The zero-order valence-corrected chi connectivity index (χ0v) is 17.4. The molecule has 0 aliphatic heterocycles. The van der Waals surface area contributed by atoms with Crippen LogP contribution in [0.3, 0.4) is 0 Å². The van der Waals surface area contributed by atoms with Crippen molar-refractivity contribution >= 4 is 17.7 Å². The van der Waals surface area contributed by atoms with E-state index in [9.17, 15) is 9.18 Å². The number of carbonyl (C=O) groups excluding carboxylic acids is 1. The Morgan fingerprint density at radius 1 is 1.23 bits per heavy atom. The van der Waals surface area contributed by atoms with E-state index in [1.807, 2.05) is 24.3 Å². The predicted molar refractivity (Wildman–Crippen MR) is 111 cm³/mol. The highest BCUT2D eigenvalue weighted by Crippen LogP contribution is 2.22. The van der Waals surface area contributed by atoms with Crippen molar-refractivity contribution in [1.29, 1.82) is 0 Å². The number of amides is 1. The molecule has 3 rings (SSSR count).